The zero-order chi connectivity index (χ0) is 10.6. The molecule has 0 saturated carbocycles. The van der Waals surface area contributed by atoms with E-state index >= 15 is 0 Å². The van der Waals surface area contributed by atoms with E-state index in [9.17, 15) is 4.57 Å². The van der Waals surface area contributed by atoms with Crippen molar-refractivity contribution in [3.63, 3.8) is 0 Å². The minimum absolute atomic E-state index is 0.532. The molecular weight excluding hydrogens is 209 g/mol. The molecule has 4 nitrogen and oxygen atoms in total. The van der Waals surface area contributed by atoms with Gasteiger partial charge < -0.3 is 0 Å². The SMILES string of the molecule is C[C@H]1CN1P(=O)(N1CCCC1)N1C[C@@H]1C. The van der Waals surface area contributed by atoms with Crippen molar-refractivity contribution in [3.8, 4) is 0 Å². The summed E-state index contributed by atoms with van der Waals surface area (Å²) in [6.45, 7) is 8.47. The Hall–Kier alpha value is 0.110. The van der Waals surface area contributed by atoms with Crippen LogP contribution in [0.4, 0.5) is 0 Å². The van der Waals surface area contributed by atoms with Crippen LogP contribution in [-0.2, 0) is 4.57 Å². The minimum atomic E-state index is -2.30. The molecule has 0 N–H and O–H groups in total. The van der Waals surface area contributed by atoms with E-state index in [4.69, 9.17) is 0 Å². The summed E-state index contributed by atoms with van der Waals surface area (Å²) in [4.78, 5) is 0. The van der Waals surface area contributed by atoms with E-state index in [1.54, 1.807) is 0 Å². The van der Waals surface area contributed by atoms with Crippen molar-refractivity contribution in [2.24, 2.45) is 0 Å². The number of hydrogen-bond donors (Lipinski definition) is 0. The normalized spacial score (nSPS) is 48.9. The molecule has 3 saturated heterocycles. The molecule has 4 atom stereocenters. The topological polar surface area (TPSA) is 26.3 Å². The van der Waals surface area contributed by atoms with E-state index in [0.717, 1.165) is 26.2 Å². The molecule has 0 aromatic carbocycles. The molecule has 5 heteroatoms. The molecule has 0 amide bonds. The fraction of sp³-hybridized carbons (Fsp3) is 1.00. The first-order valence-corrected chi connectivity index (χ1v) is 7.60. The van der Waals surface area contributed by atoms with Gasteiger partial charge in [-0.25, -0.2) is 14.0 Å². The molecule has 0 aliphatic carbocycles. The molecule has 3 heterocycles. The van der Waals surface area contributed by atoms with Gasteiger partial charge in [-0.3, -0.25) is 4.57 Å². The zero-order valence-electron chi connectivity index (χ0n) is 9.59. The van der Waals surface area contributed by atoms with Crippen LogP contribution in [0, 0.1) is 0 Å². The Balaban J connectivity index is 1.84. The molecule has 3 fully saturated rings. The Morgan fingerprint density at radius 2 is 1.40 bits per heavy atom. The van der Waals surface area contributed by atoms with Gasteiger partial charge in [-0.05, 0) is 26.7 Å². The average Bonchev–Trinajstić information content (AvgIpc) is 3.03. The van der Waals surface area contributed by atoms with Gasteiger partial charge in [-0.2, -0.15) is 0 Å². The summed E-state index contributed by atoms with van der Waals surface area (Å²) in [5.41, 5.74) is 0. The van der Waals surface area contributed by atoms with Gasteiger partial charge in [0.15, 0.2) is 0 Å². The third kappa shape index (κ3) is 1.50. The average molecular weight is 229 g/mol. The molecule has 0 bridgehead atoms. The predicted octanol–water partition coefficient (Wildman–Crippen LogP) is 1.60. The Morgan fingerprint density at radius 1 is 1.00 bits per heavy atom. The lowest BCUT2D eigenvalue weighted by atomic mass is 10.4. The van der Waals surface area contributed by atoms with Crippen LogP contribution in [0.5, 0.6) is 0 Å². The maximum Gasteiger partial charge on any atom is 0.287 e. The summed E-state index contributed by atoms with van der Waals surface area (Å²) < 4.78 is 19.8. The van der Waals surface area contributed by atoms with E-state index < -0.39 is 7.59 Å². The quantitative estimate of drug-likeness (QED) is 0.542. The first-order chi connectivity index (χ1) is 7.14. The zero-order valence-corrected chi connectivity index (χ0v) is 10.5. The van der Waals surface area contributed by atoms with Crippen molar-refractivity contribution >= 4 is 7.59 Å². The molecule has 0 aromatic heterocycles. The highest BCUT2D eigenvalue weighted by Crippen LogP contribution is 2.66. The summed E-state index contributed by atoms with van der Waals surface area (Å²) in [5.74, 6) is 0. The van der Waals surface area contributed by atoms with Gasteiger partial charge in [0.05, 0.1) is 0 Å². The smallest absolute Gasteiger partial charge is 0.270 e. The predicted molar refractivity (Wildman–Crippen MR) is 60.7 cm³/mol. The highest BCUT2D eigenvalue weighted by molar-refractivity contribution is 7.57. The van der Waals surface area contributed by atoms with E-state index in [1.807, 2.05) is 0 Å². The maximum atomic E-state index is 13.1. The molecule has 15 heavy (non-hydrogen) atoms. The van der Waals surface area contributed by atoms with Gasteiger partial charge in [0.25, 0.3) is 7.59 Å². The van der Waals surface area contributed by atoms with E-state index in [1.165, 1.54) is 12.8 Å². The standard InChI is InChI=1S/C10H20N3OP/c1-9-7-12(9)15(14,13-8-10(13)2)11-5-3-4-6-11/h9-10H,3-8H2,1-2H3/t9-,10-,12?,13?,15?/m0/s1. The lowest BCUT2D eigenvalue weighted by Crippen LogP contribution is -2.26. The van der Waals surface area contributed by atoms with Crippen LogP contribution in [-0.4, -0.2) is 52.3 Å². The van der Waals surface area contributed by atoms with Crippen molar-refractivity contribution in [1.29, 1.82) is 0 Å². The largest absolute Gasteiger partial charge is 0.287 e. The van der Waals surface area contributed by atoms with E-state index in [-0.39, 0.29) is 0 Å². The number of hydrogen-bond acceptors (Lipinski definition) is 1. The lowest BCUT2D eigenvalue weighted by Gasteiger charge is -2.30. The highest BCUT2D eigenvalue weighted by Gasteiger charge is 2.58. The number of nitrogens with zero attached hydrogens (tertiary/aromatic N) is 3. The van der Waals surface area contributed by atoms with Crippen molar-refractivity contribution in [1.82, 2.24) is 14.0 Å². The van der Waals surface area contributed by atoms with Gasteiger partial charge in [0.1, 0.15) is 0 Å². The van der Waals surface area contributed by atoms with E-state index in [0.29, 0.717) is 12.1 Å². The Morgan fingerprint density at radius 3 is 1.73 bits per heavy atom. The molecule has 0 aromatic rings. The Labute approximate surface area is 91.7 Å². The van der Waals surface area contributed by atoms with Crippen LogP contribution in [0.1, 0.15) is 26.7 Å². The van der Waals surface area contributed by atoms with Crippen molar-refractivity contribution < 1.29 is 4.57 Å². The van der Waals surface area contributed by atoms with Crippen molar-refractivity contribution in [2.45, 2.75) is 38.8 Å². The van der Waals surface area contributed by atoms with Crippen molar-refractivity contribution in [2.75, 3.05) is 26.2 Å². The maximum absolute atomic E-state index is 13.1. The van der Waals surface area contributed by atoms with Crippen LogP contribution < -0.4 is 0 Å². The number of rotatable bonds is 3. The lowest BCUT2D eigenvalue weighted by molar-refractivity contribution is 0.402. The second-order valence-electron chi connectivity index (χ2n) is 5.12. The van der Waals surface area contributed by atoms with Crippen LogP contribution in [0.25, 0.3) is 0 Å². The minimum Gasteiger partial charge on any atom is -0.270 e. The summed E-state index contributed by atoms with van der Waals surface area (Å²) in [6, 6.07) is 1.06. The van der Waals surface area contributed by atoms with Gasteiger partial charge in [-0.1, -0.05) is 0 Å². The summed E-state index contributed by atoms with van der Waals surface area (Å²) in [6.07, 6.45) is 2.43. The first-order valence-electron chi connectivity index (χ1n) is 6.04. The summed E-state index contributed by atoms with van der Waals surface area (Å²) in [7, 11) is -2.30. The van der Waals surface area contributed by atoms with Crippen LogP contribution >= 0.6 is 7.59 Å². The molecule has 3 aliphatic heterocycles. The molecular formula is C10H20N3OP. The monoisotopic (exact) mass is 229 g/mol. The third-order valence-electron chi connectivity index (χ3n) is 3.77. The van der Waals surface area contributed by atoms with E-state index in [2.05, 4.69) is 27.9 Å². The fourth-order valence-corrected chi connectivity index (χ4v) is 6.28. The molecule has 3 rings (SSSR count). The second-order valence-corrected chi connectivity index (χ2v) is 7.74. The van der Waals surface area contributed by atoms with Gasteiger partial charge >= 0.3 is 0 Å². The van der Waals surface area contributed by atoms with Crippen LogP contribution in [0.3, 0.4) is 0 Å². The molecule has 3 aliphatic rings. The van der Waals surface area contributed by atoms with Gasteiger partial charge in [-0.15, -0.1) is 0 Å². The van der Waals surface area contributed by atoms with Crippen LogP contribution in [0.15, 0.2) is 0 Å². The third-order valence-corrected chi connectivity index (χ3v) is 7.36. The highest BCUT2D eigenvalue weighted by atomic mass is 31.2. The molecule has 2 unspecified atom stereocenters. The van der Waals surface area contributed by atoms with Gasteiger partial charge in [0.2, 0.25) is 0 Å². The van der Waals surface area contributed by atoms with Crippen molar-refractivity contribution in [3.05, 3.63) is 0 Å². The molecule has 86 valence electrons. The summed E-state index contributed by atoms with van der Waals surface area (Å²) in [5, 5.41) is 0. The first kappa shape index (κ1) is 10.3. The molecule has 0 radical (unpaired) electrons. The fourth-order valence-electron chi connectivity index (χ4n) is 2.61. The second kappa shape index (κ2) is 3.30. The molecule has 0 spiro atoms. The summed E-state index contributed by atoms with van der Waals surface area (Å²) >= 11 is 0. The Kier molecular flexibility index (Phi) is 2.26. The van der Waals surface area contributed by atoms with Crippen LogP contribution in [0.2, 0.25) is 0 Å². The Bertz CT molecular complexity index is 296. The van der Waals surface area contributed by atoms with Gasteiger partial charge in [0, 0.05) is 38.3 Å².